The molecule has 10 nitrogen and oxygen atoms in total. The predicted molar refractivity (Wildman–Crippen MR) is 141 cm³/mol. The first-order valence-corrected chi connectivity index (χ1v) is 12.6. The van der Waals surface area contributed by atoms with Crippen LogP contribution < -0.4 is 15.5 Å². The van der Waals surface area contributed by atoms with Crippen LogP contribution in [0.25, 0.3) is 11.3 Å². The molecule has 0 atom stereocenters. The van der Waals surface area contributed by atoms with E-state index in [0.717, 1.165) is 30.5 Å². The van der Waals surface area contributed by atoms with Crippen molar-refractivity contribution in [3.05, 3.63) is 65.9 Å². The molecular weight excluding hydrogens is 484 g/mol. The van der Waals surface area contributed by atoms with E-state index < -0.39 is 0 Å². The van der Waals surface area contributed by atoms with Gasteiger partial charge in [0.15, 0.2) is 0 Å². The average molecular weight is 513 g/mol. The summed E-state index contributed by atoms with van der Waals surface area (Å²) in [5.41, 5.74) is 3.94. The highest BCUT2D eigenvalue weighted by Gasteiger charge is 2.26. The first-order chi connectivity index (χ1) is 18.6. The number of esters is 1. The maximum atomic E-state index is 13.1. The number of hydrogen-bond acceptors (Lipinski definition) is 9. The molecule has 2 heterocycles. The largest absolute Gasteiger partial charge is 0.459 e. The quantitative estimate of drug-likeness (QED) is 0.343. The first kappa shape index (κ1) is 25.2. The van der Waals surface area contributed by atoms with Crippen molar-refractivity contribution in [2.75, 3.05) is 43.1 Å². The number of morpholine rings is 1. The third kappa shape index (κ3) is 5.90. The molecular formula is C28H28N6O4. The number of amides is 1. The van der Waals surface area contributed by atoms with E-state index in [1.54, 1.807) is 42.6 Å². The van der Waals surface area contributed by atoms with Crippen LogP contribution in [0.2, 0.25) is 0 Å². The number of carbonyl (C=O) groups is 2. The minimum atomic E-state index is -0.326. The standard InChI is InChI=1S/C28H28N6O4/c29-11-13-30-26(35)20-6-4-19(5-7-20)24-10-12-31-28(33-24)32-21-8-9-25(34-14-16-37-17-15-34)23(18-21)27(36)38-22-2-1-3-22/h4-10,12,18,22H,1-3,13-17H2,(H,30,35)(H,31,32,33). The van der Waals surface area contributed by atoms with Crippen molar-refractivity contribution in [2.24, 2.45) is 0 Å². The minimum absolute atomic E-state index is 0.0134. The van der Waals surface area contributed by atoms with Crippen LogP contribution in [0.5, 0.6) is 0 Å². The Morgan fingerprint density at radius 2 is 1.89 bits per heavy atom. The Kier molecular flexibility index (Phi) is 7.75. The highest BCUT2D eigenvalue weighted by Crippen LogP contribution is 2.30. The lowest BCUT2D eigenvalue weighted by molar-refractivity contribution is 0.00903. The molecule has 1 aromatic heterocycles. The molecule has 1 aliphatic heterocycles. The third-order valence-corrected chi connectivity index (χ3v) is 6.58. The lowest BCUT2D eigenvalue weighted by Gasteiger charge is -2.31. The Morgan fingerprint density at radius 1 is 1.11 bits per heavy atom. The molecule has 0 radical (unpaired) electrons. The number of anilines is 3. The molecule has 2 aromatic carbocycles. The van der Waals surface area contributed by atoms with E-state index in [1.807, 2.05) is 18.2 Å². The van der Waals surface area contributed by atoms with E-state index in [0.29, 0.717) is 54.8 Å². The number of nitrogens with one attached hydrogen (secondary N) is 2. The number of nitriles is 1. The molecule has 2 N–H and O–H groups in total. The van der Waals surface area contributed by atoms with Gasteiger partial charge in [-0.3, -0.25) is 4.79 Å². The molecule has 1 amide bonds. The molecule has 1 aliphatic carbocycles. The fraction of sp³-hybridized carbons (Fsp3) is 0.321. The Bertz CT molecular complexity index is 1340. The van der Waals surface area contributed by atoms with Gasteiger partial charge in [0.05, 0.1) is 36.2 Å². The molecule has 194 valence electrons. The topological polar surface area (TPSA) is 129 Å². The van der Waals surface area contributed by atoms with Gasteiger partial charge in [0.2, 0.25) is 5.95 Å². The zero-order valence-corrected chi connectivity index (χ0v) is 20.9. The zero-order chi connectivity index (χ0) is 26.3. The van der Waals surface area contributed by atoms with Gasteiger partial charge < -0.3 is 25.0 Å². The monoisotopic (exact) mass is 512 g/mol. The van der Waals surface area contributed by atoms with Crippen LogP contribution in [0.3, 0.4) is 0 Å². The van der Waals surface area contributed by atoms with E-state index in [4.69, 9.17) is 14.7 Å². The minimum Gasteiger partial charge on any atom is -0.459 e. The van der Waals surface area contributed by atoms with Gasteiger partial charge in [-0.15, -0.1) is 0 Å². The fourth-order valence-electron chi connectivity index (χ4n) is 4.28. The molecule has 2 aliphatic rings. The first-order valence-electron chi connectivity index (χ1n) is 12.6. The molecule has 1 saturated carbocycles. The fourth-order valence-corrected chi connectivity index (χ4v) is 4.28. The molecule has 0 bridgehead atoms. The van der Waals surface area contributed by atoms with Crippen LogP contribution in [-0.4, -0.2) is 60.8 Å². The van der Waals surface area contributed by atoms with Crippen molar-refractivity contribution < 1.29 is 19.1 Å². The van der Waals surface area contributed by atoms with Gasteiger partial charge >= 0.3 is 5.97 Å². The van der Waals surface area contributed by atoms with Gasteiger partial charge in [0.25, 0.3) is 5.91 Å². The lowest BCUT2D eigenvalue weighted by atomic mass is 9.96. The van der Waals surface area contributed by atoms with Crippen molar-refractivity contribution >= 4 is 29.2 Å². The number of aromatic nitrogens is 2. The highest BCUT2D eigenvalue weighted by atomic mass is 16.5. The lowest BCUT2D eigenvalue weighted by Crippen LogP contribution is -2.37. The Hall–Kier alpha value is -4.49. The number of benzene rings is 2. The Morgan fingerprint density at radius 3 is 2.61 bits per heavy atom. The molecule has 10 heteroatoms. The van der Waals surface area contributed by atoms with Gasteiger partial charge in [-0.1, -0.05) is 12.1 Å². The number of nitrogens with zero attached hydrogens (tertiary/aromatic N) is 4. The smallest absolute Gasteiger partial charge is 0.340 e. The molecule has 38 heavy (non-hydrogen) atoms. The van der Waals surface area contributed by atoms with Crippen molar-refractivity contribution in [2.45, 2.75) is 25.4 Å². The predicted octanol–water partition coefficient (Wildman–Crippen LogP) is 3.69. The van der Waals surface area contributed by atoms with Crippen LogP contribution in [0, 0.1) is 11.3 Å². The van der Waals surface area contributed by atoms with Crippen molar-refractivity contribution in [3.8, 4) is 17.3 Å². The van der Waals surface area contributed by atoms with Crippen molar-refractivity contribution in [1.82, 2.24) is 15.3 Å². The molecule has 3 aromatic rings. The van der Waals surface area contributed by atoms with E-state index >= 15 is 0 Å². The maximum absolute atomic E-state index is 13.1. The van der Waals surface area contributed by atoms with Gasteiger partial charge in [0, 0.05) is 36.1 Å². The van der Waals surface area contributed by atoms with E-state index in [-0.39, 0.29) is 24.5 Å². The Labute approximate surface area is 220 Å². The zero-order valence-electron chi connectivity index (χ0n) is 20.9. The summed E-state index contributed by atoms with van der Waals surface area (Å²) < 4.78 is 11.2. The van der Waals surface area contributed by atoms with Gasteiger partial charge in [-0.2, -0.15) is 5.26 Å². The normalized spacial score (nSPS) is 15.2. The second-order valence-corrected chi connectivity index (χ2v) is 9.10. The summed E-state index contributed by atoms with van der Waals surface area (Å²) in [6.45, 7) is 2.60. The summed E-state index contributed by atoms with van der Waals surface area (Å²) >= 11 is 0. The Balaban J connectivity index is 1.35. The van der Waals surface area contributed by atoms with Crippen LogP contribution in [0.4, 0.5) is 17.3 Å². The highest BCUT2D eigenvalue weighted by molar-refractivity contribution is 5.97. The van der Waals surface area contributed by atoms with Gasteiger partial charge in [-0.25, -0.2) is 14.8 Å². The molecule has 1 saturated heterocycles. The number of hydrogen-bond donors (Lipinski definition) is 2. The summed E-state index contributed by atoms with van der Waals surface area (Å²) in [5.74, 6) is -0.264. The van der Waals surface area contributed by atoms with Crippen LogP contribution in [0.1, 0.15) is 40.0 Å². The molecule has 0 spiro atoms. The average Bonchev–Trinajstić information content (AvgIpc) is 2.94. The second-order valence-electron chi connectivity index (χ2n) is 9.10. The van der Waals surface area contributed by atoms with E-state index in [9.17, 15) is 9.59 Å². The van der Waals surface area contributed by atoms with Gasteiger partial charge in [-0.05, 0) is 55.7 Å². The third-order valence-electron chi connectivity index (χ3n) is 6.58. The summed E-state index contributed by atoms with van der Waals surface area (Å²) in [6.07, 6.45) is 4.53. The van der Waals surface area contributed by atoms with E-state index in [1.165, 1.54) is 0 Å². The van der Waals surface area contributed by atoms with E-state index in [2.05, 4.69) is 25.5 Å². The molecule has 2 fully saturated rings. The second kappa shape index (κ2) is 11.7. The number of carbonyl (C=O) groups excluding carboxylic acids is 2. The van der Waals surface area contributed by atoms with Crippen LogP contribution in [-0.2, 0) is 9.47 Å². The maximum Gasteiger partial charge on any atom is 0.340 e. The van der Waals surface area contributed by atoms with Crippen LogP contribution in [0.15, 0.2) is 54.7 Å². The summed E-state index contributed by atoms with van der Waals surface area (Å²) in [6, 6.07) is 16.2. The summed E-state index contributed by atoms with van der Waals surface area (Å²) in [7, 11) is 0. The molecule has 5 rings (SSSR count). The SMILES string of the molecule is N#CCNC(=O)c1ccc(-c2ccnc(Nc3ccc(N4CCOCC4)c(C(=O)OC4CCC4)c3)n2)cc1. The molecule has 0 unspecified atom stereocenters. The van der Waals surface area contributed by atoms with Crippen molar-refractivity contribution in [3.63, 3.8) is 0 Å². The van der Waals surface area contributed by atoms with Crippen LogP contribution >= 0.6 is 0 Å². The summed E-state index contributed by atoms with van der Waals surface area (Å²) in [5, 5.41) is 14.4. The summed E-state index contributed by atoms with van der Waals surface area (Å²) in [4.78, 5) is 36.2. The van der Waals surface area contributed by atoms with Gasteiger partial charge in [0.1, 0.15) is 12.6 Å². The number of rotatable bonds is 8. The number of ether oxygens (including phenoxy) is 2. The van der Waals surface area contributed by atoms with Crippen molar-refractivity contribution in [1.29, 1.82) is 5.26 Å².